The van der Waals surface area contributed by atoms with Crippen LogP contribution in [0.1, 0.15) is 18.1 Å². The van der Waals surface area contributed by atoms with Crippen molar-refractivity contribution in [2.45, 2.75) is 11.8 Å². The zero-order valence-electron chi connectivity index (χ0n) is 16.0. The molecule has 0 unspecified atom stereocenters. The molecule has 31 heavy (non-hydrogen) atoms. The lowest BCUT2D eigenvalue weighted by Gasteiger charge is -2.17. The number of hydrogen-bond donors (Lipinski definition) is 0. The number of aliphatic imine (C=N–C) groups is 1. The van der Waals surface area contributed by atoms with Gasteiger partial charge in [0.05, 0.1) is 25.5 Å². The molecule has 0 atom stereocenters. The molecule has 0 amide bonds. The molecule has 160 valence electrons. The van der Waals surface area contributed by atoms with Crippen molar-refractivity contribution in [3.63, 3.8) is 0 Å². The smallest absolute Gasteiger partial charge is 0.203 e. The molecule has 0 N–H and O–H groups in total. The van der Waals surface area contributed by atoms with Gasteiger partial charge >= 0.3 is 0 Å². The summed E-state index contributed by atoms with van der Waals surface area (Å²) in [5.41, 5.74) is 0.294. The summed E-state index contributed by atoms with van der Waals surface area (Å²) >= 11 is 11.6. The standard InChI is InChI=1S/C22H14Cl2F3NO2S/c1-12(31(29,30)15-6-7-17(23)19(26)9-15)22(13-4-3-5-14(25)8-13)16-10-18(24)20(27)11-21(16)28-2/h3-11H,2H2,1H3/b22-12+. The molecule has 9 heteroatoms. The van der Waals surface area contributed by atoms with E-state index in [4.69, 9.17) is 23.2 Å². The molecule has 0 bridgehead atoms. The van der Waals surface area contributed by atoms with Gasteiger partial charge in [0.15, 0.2) is 0 Å². The summed E-state index contributed by atoms with van der Waals surface area (Å²) < 4.78 is 68.5. The molecular weight excluding hydrogens is 470 g/mol. The largest absolute Gasteiger partial charge is 0.264 e. The average molecular weight is 484 g/mol. The van der Waals surface area contributed by atoms with Crippen LogP contribution in [0.2, 0.25) is 10.0 Å². The van der Waals surface area contributed by atoms with Gasteiger partial charge in [-0.1, -0.05) is 35.3 Å². The molecule has 0 saturated heterocycles. The van der Waals surface area contributed by atoms with Gasteiger partial charge in [-0.3, -0.25) is 4.99 Å². The number of hydrogen-bond acceptors (Lipinski definition) is 3. The fourth-order valence-corrected chi connectivity index (χ4v) is 4.65. The molecule has 0 spiro atoms. The van der Waals surface area contributed by atoms with Crippen LogP contribution < -0.4 is 0 Å². The van der Waals surface area contributed by atoms with Crippen molar-refractivity contribution >= 4 is 51.0 Å². The van der Waals surface area contributed by atoms with E-state index >= 15 is 0 Å². The van der Waals surface area contributed by atoms with E-state index in [2.05, 4.69) is 11.7 Å². The first-order valence-electron chi connectivity index (χ1n) is 8.69. The number of halogens is 5. The average Bonchev–Trinajstić information content (AvgIpc) is 2.72. The van der Waals surface area contributed by atoms with Crippen molar-refractivity contribution in [3.05, 3.63) is 98.1 Å². The van der Waals surface area contributed by atoms with Gasteiger partial charge in [0, 0.05) is 17.2 Å². The van der Waals surface area contributed by atoms with Crippen molar-refractivity contribution in [3.8, 4) is 0 Å². The molecule has 0 aromatic heterocycles. The third kappa shape index (κ3) is 4.54. The SMILES string of the molecule is C=Nc1cc(F)c(Cl)cc1/C(=C(\C)S(=O)(=O)c1ccc(Cl)c(F)c1)c1cccc(F)c1. The van der Waals surface area contributed by atoms with Crippen LogP contribution in [-0.2, 0) is 9.84 Å². The number of sulfone groups is 1. The van der Waals surface area contributed by atoms with Gasteiger partial charge in [-0.25, -0.2) is 21.6 Å². The molecule has 0 heterocycles. The molecule has 0 aliphatic rings. The first-order valence-corrected chi connectivity index (χ1v) is 10.9. The van der Waals surface area contributed by atoms with Crippen molar-refractivity contribution in [2.75, 3.05) is 0 Å². The van der Waals surface area contributed by atoms with Crippen molar-refractivity contribution in [1.82, 2.24) is 0 Å². The van der Waals surface area contributed by atoms with E-state index in [9.17, 15) is 21.6 Å². The number of nitrogens with zero attached hydrogens (tertiary/aromatic N) is 1. The normalized spacial score (nSPS) is 12.5. The Kier molecular flexibility index (Phi) is 6.59. The Bertz CT molecular complexity index is 1340. The maximum Gasteiger partial charge on any atom is 0.203 e. The van der Waals surface area contributed by atoms with Gasteiger partial charge < -0.3 is 0 Å². The highest BCUT2D eigenvalue weighted by Crippen LogP contribution is 2.39. The maximum atomic E-state index is 14.0. The van der Waals surface area contributed by atoms with Crippen LogP contribution in [0.5, 0.6) is 0 Å². The van der Waals surface area contributed by atoms with E-state index in [1.807, 2.05) is 0 Å². The van der Waals surface area contributed by atoms with Crippen LogP contribution >= 0.6 is 23.2 Å². The molecule has 0 fully saturated rings. The van der Waals surface area contributed by atoms with Gasteiger partial charge in [-0.2, -0.15) is 0 Å². The monoisotopic (exact) mass is 483 g/mol. The number of allylic oxidation sites excluding steroid dienone is 1. The van der Waals surface area contributed by atoms with Gasteiger partial charge in [0.1, 0.15) is 17.5 Å². The van der Waals surface area contributed by atoms with Crippen LogP contribution in [0.25, 0.3) is 5.57 Å². The summed E-state index contributed by atoms with van der Waals surface area (Å²) in [5, 5.41) is -0.534. The first-order chi connectivity index (χ1) is 14.6. The lowest BCUT2D eigenvalue weighted by atomic mass is 9.96. The van der Waals surface area contributed by atoms with Crippen molar-refractivity contribution in [2.24, 2.45) is 4.99 Å². The minimum Gasteiger partial charge on any atom is -0.264 e. The van der Waals surface area contributed by atoms with E-state index in [0.29, 0.717) is 0 Å². The number of rotatable bonds is 5. The van der Waals surface area contributed by atoms with Gasteiger partial charge in [0.2, 0.25) is 9.84 Å². The van der Waals surface area contributed by atoms with Crippen LogP contribution in [-0.4, -0.2) is 15.1 Å². The van der Waals surface area contributed by atoms with Crippen molar-refractivity contribution < 1.29 is 21.6 Å². The van der Waals surface area contributed by atoms with E-state index in [1.165, 1.54) is 31.2 Å². The quantitative estimate of drug-likeness (QED) is 0.366. The Morgan fingerprint density at radius 2 is 1.61 bits per heavy atom. The summed E-state index contributed by atoms with van der Waals surface area (Å²) in [5.74, 6) is -2.33. The fourth-order valence-electron chi connectivity index (χ4n) is 3.01. The topological polar surface area (TPSA) is 46.5 Å². The summed E-state index contributed by atoms with van der Waals surface area (Å²) in [4.78, 5) is 3.14. The van der Waals surface area contributed by atoms with E-state index in [0.717, 1.165) is 30.3 Å². The fraction of sp³-hybridized carbons (Fsp3) is 0.0455. The molecule has 3 nitrogen and oxygen atoms in total. The molecule has 0 aliphatic heterocycles. The predicted molar refractivity (Wildman–Crippen MR) is 117 cm³/mol. The van der Waals surface area contributed by atoms with E-state index < -0.39 is 27.3 Å². The van der Waals surface area contributed by atoms with Crippen LogP contribution in [0, 0.1) is 17.5 Å². The Balaban J connectivity index is 2.41. The second-order valence-corrected chi connectivity index (χ2v) is 9.37. The molecule has 3 aromatic rings. The van der Waals surface area contributed by atoms with Crippen molar-refractivity contribution in [1.29, 1.82) is 0 Å². The zero-order valence-corrected chi connectivity index (χ0v) is 18.3. The Morgan fingerprint density at radius 3 is 2.23 bits per heavy atom. The molecule has 0 radical (unpaired) electrons. The third-order valence-corrected chi connectivity index (χ3v) is 7.03. The second-order valence-electron chi connectivity index (χ2n) is 6.46. The van der Waals surface area contributed by atoms with E-state index in [1.54, 1.807) is 0 Å². The van der Waals surface area contributed by atoms with Crippen LogP contribution in [0.4, 0.5) is 18.9 Å². The minimum absolute atomic E-state index is 0.00185. The highest BCUT2D eigenvalue weighted by molar-refractivity contribution is 7.95. The van der Waals surface area contributed by atoms with Gasteiger partial charge in [-0.05, 0) is 55.6 Å². The third-order valence-electron chi connectivity index (χ3n) is 4.55. The first kappa shape index (κ1) is 23.1. The summed E-state index contributed by atoms with van der Waals surface area (Å²) in [7, 11) is -4.27. The van der Waals surface area contributed by atoms with Gasteiger partial charge in [-0.15, -0.1) is 0 Å². The summed E-state index contributed by atoms with van der Waals surface area (Å²) in [6.07, 6.45) is 0. The molecule has 0 saturated carbocycles. The van der Waals surface area contributed by atoms with Crippen LogP contribution in [0.3, 0.4) is 0 Å². The van der Waals surface area contributed by atoms with Gasteiger partial charge in [0.25, 0.3) is 0 Å². The molecule has 0 aliphatic carbocycles. The summed E-state index contributed by atoms with van der Waals surface area (Å²) in [6.45, 7) is 4.66. The molecular formula is C22H14Cl2F3NO2S. The second kappa shape index (κ2) is 8.86. The predicted octanol–water partition coefficient (Wildman–Crippen LogP) is 7.00. The highest BCUT2D eigenvalue weighted by Gasteiger charge is 2.26. The van der Waals surface area contributed by atoms with Crippen LogP contribution in [0.15, 0.2) is 69.4 Å². The Morgan fingerprint density at radius 1 is 0.935 bits per heavy atom. The molecule has 3 aromatic carbocycles. The zero-order chi connectivity index (χ0) is 22.9. The lowest BCUT2D eigenvalue weighted by Crippen LogP contribution is -2.07. The Hall–Kier alpha value is -2.61. The molecule has 3 rings (SSSR count). The van der Waals surface area contributed by atoms with E-state index in [-0.39, 0.29) is 42.2 Å². The lowest BCUT2D eigenvalue weighted by molar-refractivity contribution is 0.596. The number of benzene rings is 3. The highest BCUT2D eigenvalue weighted by atomic mass is 35.5. The Labute approximate surface area is 187 Å². The summed E-state index contributed by atoms with van der Waals surface area (Å²) in [6, 6.07) is 10.4. The minimum atomic E-state index is -4.27. The maximum absolute atomic E-state index is 14.0.